The summed E-state index contributed by atoms with van der Waals surface area (Å²) in [5.41, 5.74) is 3.05. The van der Waals surface area contributed by atoms with Crippen molar-refractivity contribution in [2.45, 2.75) is 52.4 Å². The molecule has 0 fully saturated rings. The van der Waals surface area contributed by atoms with Gasteiger partial charge in [-0.2, -0.15) is 5.26 Å². The third-order valence-corrected chi connectivity index (χ3v) is 5.69. The van der Waals surface area contributed by atoms with Crippen LogP contribution in [-0.4, -0.2) is 0 Å². The van der Waals surface area contributed by atoms with E-state index in [0.717, 1.165) is 5.56 Å². The molecule has 0 amide bonds. The number of nitrogens with zero attached hydrogens (tertiary/aromatic N) is 1. The lowest BCUT2D eigenvalue weighted by Crippen LogP contribution is -2.10. The molecule has 0 spiro atoms. The predicted octanol–water partition coefficient (Wildman–Crippen LogP) is 6.41. The summed E-state index contributed by atoms with van der Waals surface area (Å²) in [4.78, 5) is 2.70. The maximum Gasteiger partial charge on any atom is 0.0998 e. The van der Waals surface area contributed by atoms with Crippen LogP contribution in [0.25, 0.3) is 11.6 Å². The van der Waals surface area contributed by atoms with E-state index < -0.39 is 0 Å². The van der Waals surface area contributed by atoms with Crippen LogP contribution >= 0.6 is 11.3 Å². The summed E-state index contributed by atoms with van der Waals surface area (Å²) in [6.45, 7) is 13.4. The van der Waals surface area contributed by atoms with Crippen LogP contribution in [0.5, 0.6) is 0 Å². The minimum absolute atomic E-state index is 0.0667. The van der Waals surface area contributed by atoms with Crippen LogP contribution in [0.1, 0.15) is 62.4 Å². The lowest BCUT2D eigenvalue weighted by molar-refractivity contribution is 0.601. The molecule has 2 rings (SSSR count). The van der Waals surface area contributed by atoms with Crippen LogP contribution in [-0.2, 0) is 10.8 Å². The first-order valence-electron chi connectivity index (χ1n) is 7.95. The van der Waals surface area contributed by atoms with Crippen LogP contribution in [0.3, 0.4) is 0 Å². The average Bonchev–Trinajstić information content (AvgIpc) is 2.90. The van der Waals surface area contributed by atoms with E-state index >= 15 is 0 Å². The van der Waals surface area contributed by atoms with Crippen molar-refractivity contribution in [3.63, 3.8) is 0 Å². The van der Waals surface area contributed by atoms with Crippen LogP contribution in [0.4, 0.5) is 0 Å². The molecule has 0 N–H and O–H groups in total. The Bertz CT molecular complexity index is 744. The van der Waals surface area contributed by atoms with Gasteiger partial charge in [-0.3, -0.25) is 0 Å². The van der Waals surface area contributed by atoms with Gasteiger partial charge in [-0.1, -0.05) is 71.9 Å². The van der Waals surface area contributed by atoms with Crippen molar-refractivity contribution in [3.8, 4) is 6.07 Å². The molecule has 0 unspecified atom stereocenters. The zero-order chi connectivity index (χ0) is 17.3. The van der Waals surface area contributed by atoms with E-state index in [1.165, 1.54) is 15.3 Å². The smallest absolute Gasteiger partial charge is 0.0998 e. The van der Waals surface area contributed by atoms with Gasteiger partial charge in [-0.15, -0.1) is 11.3 Å². The number of allylic oxidation sites excluding steroid dienone is 1. The van der Waals surface area contributed by atoms with Gasteiger partial charge in [0.25, 0.3) is 0 Å². The van der Waals surface area contributed by atoms with Crippen molar-refractivity contribution in [1.29, 1.82) is 5.26 Å². The molecule has 0 aliphatic rings. The molecule has 0 bridgehead atoms. The summed E-state index contributed by atoms with van der Waals surface area (Å²) < 4.78 is 0. The Morgan fingerprint density at radius 1 is 1.00 bits per heavy atom. The fourth-order valence-electron chi connectivity index (χ4n) is 2.42. The van der Waals surface area contributed by atoms with Crippen LogP contribution in [0.2, 0.25) is 0 Å². The normalized spacial score (nSPS) is 13.0. The van der Waals surface area contributed by atoms with Gasteiger partial charge in [-0.25, -0.2) is 0 Å². The molecule has 0 aliphatic carbocycles. The minimum Gasteiger partial charge on any atom is -0.192 e. The van der Waals surface area contributed by atoms with Gasteiger partial charge >= 0.3 is 0 Å². The van der Waals surface area contributed by atoms with Gasteiger partial charge in [-0.05, 0) is 34.1 Å². The Morgan fingerprint density at radius 2 is 1.61 bits per heavy atom. The zero-order valence-electron chi connectivity index (χ0n) is 14.9. The molecule has 1 aromatic carbocycles. The molecule has 0 saturated heterocycles. The molecule has 0 atom stereocenters. The first-order valence-corrected chi connectivity index (χ1v) is 8.76. The number of nitriles is 1. The first kappa shape index (κ1) is 17.5. The van der Waals surface area contributed by atoms with Gasteiger partial charge < -0.3 is 0 Å². The first-order chi connectivity index (χ1) is 10.6. The predicted molar refractivity (Wildman–Crippen MR) is 102 cm³/mol. The summed E-state index contributed by atoms with van der Waals surface area (Å²) >= 11 is 1.87. The monoisotopic (exact) mass is 323 g/mol. The van der Waals surface area contributed by atoms with E-state index in [-0.39, 0.29) is 10.8 Å². The fourth-order valence-corrected chi connectivity index (χ4v) is 3.68. The highest BCUT2D eigenvalue weighted by atomic mass is 32.1. The second-order valence-corrected chi connectivity index (χ2v) is 8.98. The largest absolute Gasteiger partial charge is 0.192 e. The summed E-state index contributed by atoms with van der Waals surface area (Å²) in [5.74, 6) is 0. The number of rotatable bonds is 2. The van der Waals surface area contributed by atoms with E-state index in [2.05, 4.69) is 53.7 Å². The Balaban J connectivity index is 2.60. The Kier molecular flexibility index (Phi) is 4.82. The third-order valence-electron chi connectivity index (χ3n) is 3.69. The molecule has 2 heteroatoms. The molecular weight excluding hydrogens is 298 g/mol. The highest BCUT2D eigenvalue weighted by molar-refractivity contribution is 7.12. The molecule has 2 aromatic rings. The fraction of sp³-hybridized carbons (Fsp3) is 0.381. The van der Waals surface area contributed by atoms with Crippen LogP contribution < -0.4 is 0 Å². The van der Waals surface area contributed by atoms with Gasteiger partial charge in [0.05, 0.1) is 11.6 Å². The Labute approximate surface area is 144 Å². The molecule has 1 heterocycles. The van der Waals surface area contributed by atoms with Crippen molar-refractivity contribution >= 4 is 23.0 Å². The van der Waals surface area contributed by atoms with Gasteiger partial charge in [0.2, 0.25) is 0 Å². The quantitative estimate of drug-likeness (QED) is 0.586. The van der Waals surface area contributed by atoms with Crippen molar-refractivity contribution in [3.05, 3.63) is 57.3 Å². The summed E-state index contributed by atoms with van der Waals surface area (Å²) in [6, 6.07) is 14.5. The zero-order valence-corrected chi connectivity index (χ0v) is 15.7. The van der Waals surface area contributed by atoms with E-state index in [0.29, 0.717) is 5.57 Å². The number of thiophene rings is 1. The molecule has 23 heavy (non-hydrogen) atoms. The number of benzene rings is 1. The Morgan fingerprint density at radius 3 is 2.09 bits per heavy atom. The standard InChI is InChI=1S/C21H25NS/c1-20(2,3)18-13-16(19(23-18)21(4,5)6)12-17(14-22)15-10-8-7-9-11-15/h7-13H,1-6H3/b17-12+. The molecule has 120 valence electrons. The van der Waals surface area contributed by atoms with Crippen molar-refractivity contribution in [1.82, 2.24) is 0 Å². The second-order valence-electron chi connectivity index (χ2n) is 7.93. The highest BCUT2D eigenvalue weighted by Crippen LogP contribution is 2.40. The molecular formula is C21H25NS. The minimum atomic E-state index is 0.0667. The molecule has 1 nitrogen and oxygen atoms in total. The van der Waals surface area contributed by atoms with Gasteiger partial charge in [0, 0.05) is 9.75 Å². The van der Waals surface area contributed by atoms with Crippen molar-refractivity contribution < 1.29 is 0 Å². The van der Waals surface area contributed by atoms with Gasteiger partial charge in [0.1, 0.15) is 0 Å². The average molecular weight is 324 g/mol. The van der Waals surface area contributed by atoms with Gasteiger partial charge in [0.15, 0.2) is 0 Å². The Hall–Kier alpha value is -1.85. The van der Waals surface area contributed by atoms with E-state index in [1.54, 1.807) is 0 Å². The maximum absolute atomic E-state index is 9.59. The second kappa shape index (κ2) is 6.34. The number of hydrogen-bond acceptors (Lipinski definition) is 2. The molecule has 1 aromatic heterocycles. The molecule has 0 aliphatic heterocycles. The van der Waals surface area contributed by atoms with Crippen molar-refractivity contribution in [2.24, 2.45) is 0 Å². The topological polar surface area (TPSA) is 23.8 Å². The lowest BCUT2D eigenvalue weighted by atomic mass is 9.89. The number of hydrogen-bond donors (Lipinski definition) is 0. The van der Waals surface area contributed by atoms with Crippen LogP contribution in [0.15, 0.2) is 36.4 Å². The van der Waals surface area contributed by atoms with E-state index in [1.807, 2.05) is 47.7 Å². The molecule has 0 radical (unpaired) electrons. The lowest BCUT2D eigenvalue weighted by Gasteiger charge is -2.19. The van der Waals surface area contributed by atoms with Crippen LogP contribution in [0, 0.1) is 11.3 Å². The summed E-state index contributed by atoms with van der Waals surface area (Å²) in [6.07, 6.45) is 2.04. The highest BCUT2D eigenvalue weighted by Gasteiger charge is 2.25. The van der Waals surface area contributed by atoms with E-state index in [9.17, 15) is 5.26 Å². The van der Waals surface area contributed by atoms with Crippen molar-refractivity contribution in [2.75, 3.05) is 0 Å². The SMILES string of the molecule is CC(C)(C)c1cc(/C=C(\C#N)c2ccccc2)c(C(C)(C)C)s1. The summed E-state index contributed by atoms with van der Waals surface area (Å²) in [7, 11) is 0. The molecule has 0 saturated carbocycles. The van der Waals surface area contributed by atoms with E-state index in [4.69, 9.17) is 0 Å². The maximum atomic E-state index is 9.59. The third kappa shape index (κ3) is 4.12. The summed E-state index contributed by atoms with van der Waals surface area (Å²) in [5, 5.41) is 9.59.